The van der Waals surface area contributed by atoms with Crippen molar-refractivity contribution in [1.82, 2.24) is 4.98 Å². The summed E-state index contributed by atoms with van der Waals surface area (Å²) in [6, 6.07) is 8.93. The third-order valence-electron chi connectivity index (χ3n) is 1.41. The summed E-state index contributed by atoms with van der Waals surface area (Å²) in [5.41, 5.74) is 1.01. The minimum absolute atomic E-state index is 0.961. The Morgan fingerprint density at radius 2 is 2.55 bits per heavy atom. The molecule has 11 heavy (non-hydrogen) atoms. The van der Waals surface area contributed by atoms with E-state index in [9.17, 15) is 0 Å². The van der Waals surface area contributed by atoms with Gasteiger partial charge in [0.15, 0.2) is 0 Å². The average molecular weight is 160 g/mol. The Balaban J connectivity index is 2.78. The van der Waals surface area contributed by atoms with Gasteiger partial charge in [-0.2, -0.15) is 0 Å². The number of hydrogen-bond acceptors (Lipinski definition) is 2. The highest BCUT2D eigenvalue weighted by atomic mass is 32.1. The molecule has 0 saturated carbocycles. The lowest BCUT2D eigenvalue weighted by Crippen LogP contribution is -1.65. The van der Waals surface area contributed by atoms with Crippen molar-refractivity contribution in [2.75, 3.05) is 0 Å². The second-order valence-electron chi connectivity index (χ2n) is 2.14. The molecule has 0 atom stereocenters. The van der Waals surface area contributed by atoms with Gasteiger partial charge < -0.3 is 0 Å². The van der Waals surface area contributed by atoms with Crippen LogP contribution in [0.1, 0.15) is 5.01 Å². The number of rotatable bonds is 1. The minimum atomic E-state index is 0.961. The Hall–Kier alpha value is -1.15. The lowest BCUT2D eigenvalue weighted by molar-refractivity contribution is 1.46. The first kappa shape index (κ1) is 6.55. The van der Waals surface area contributed by atoms with Crippen molar-refractivity contribution in [3.8, 4) is 0 Å². The molecule has 1 nitrogen and oxygen atoms in total. The number of benzene rings is 1. The lowest BCUT2D eigenvalue weighted by Gasteiger charge is -1.79. The van der Waals surface area contributed by atoms with Gasteiger partial charge in [0.1, 0.15) is 5.01 Å². The smallest absolute Gasteiger partial charge is 0.116 e. The third-order valence-corrected chi connectivity index (χ3v) is 2.41. The number of thiazole rings is 1. The molecule has 0 saturated heterocycles. The molecule has 0 aliphatic heterocycles. The first-order chi connectivity index (χ1) is 5.40. The van der Waals surface area contributed by atoms with Crippen molar-refractivity contribution in [3.63, 3.8) is 0 Å². The SMILES string of the molecule is C=Cc1nc2ccc[c]c2s1. The topological polar surface area (TPSA) is 12.9 Å². The van der Waals surface area contributed by atoms with E-state index in [-0.39, 0.29) is 0 Å². The molecule has 0 bridgehead atoms. The Kier molecular flexibility index (Phi) is 1.47. The van der Waals surface area contributed by atoms with E-state index in [2.05, 4.69) is 17.6 Å². The summed E-state index contributed by atoms with van der Waals surface area (Å²) in [5.74, 6) is 0. The number of aromatic nitrogens is 1. The zero-order chi connectivity index (χ0) is 7.68. The van der Waals surface area contributed by atoms with E-state index in [1.54, 1.807) is 17.4 Å². The van der Waals surface area contributed by atoms with Crippen molar-refractivity contribution in [2.24, 2.45) is 0 Å². The Labute approximate surface area is 69.0 Å². The van der Waals surface area contributed by atoms with Gasteiger partial charge in [-0.05, 0) is 12.1 Å². The minimum Gasteiger partial charge on any atom is -0.237 e. The molecule has 1 aromatic heterocycles. The van der Waals surface area contributed by atoms with E-state index < -0.39 is 0 Å². The van der Waals surface area contributed by atoms with Crippen LogP contribution in [0.25, 0.3) is 16.3 Å². The third kappa shape index (κ3) is 1.05. The highest BCUT2D eigenvalue weighted by Crippen LogP contribution is 2.21. The largest absolute Gasteiger partial charge is 0.237 e. The normalized spacial score (nSPS) is 10.2. The van der Waals surface area contributed by atoms with E-state index in [0.29, 0.717) is 0 Å². The number of nitrogens with zero attached hydrogens (tertiary/aromatic N) is 1. The van der Waals surface area contributed by atoms with Crippen LogP contribution >= 0.6 is 11.3 Å². The predicted octanol–water partition coefficient (Wildman–Crippen LogP) is 2.74. The van der Waals surface area contributed by atoms with Crippen molar-refractivity contribution in [3.05, 3.63) is 35.9 Å². The molecule has 1 heterocycles. The molecule has 2 aromatic rings. The lowest BCUT2D eigenvalue weighted by atomic mass is 10.3. The molecule has 0 N–H and O–H groups in total. The van der Waals surface area contributed by atoms with Crippen LogP contribution in [0.2, 0.25) is 0 Å². The van der Waals surface area contributed by atoms with Gasteiger partial charge in [-0.3, -0.25) is 0 Å². The predicted molar refractivity (Wildman–Crippen MR) is 48.5 cm³/mol. The molecule has 0 unspecified atom stereocenters. The van der Waals surface area contributed by atoms with Crippen LogP contribution in [0.15, 0.2) is 24.8 Å². The van der Waals surface area contributed by atoms with Crippen molar-refractivity contribution in [2.45, 2.75) is 0 Å². The maximum absolute atomic E-state index is 4.30. The van der Waals surface area contributed by atoms with Gasteiger partial charge >= 0.3 is 0 Å². The fraction of sp³-hybridized carbons (Fsp3) is 0. The first-order valence-electron chi connectivity index (χ1n) is 3.30. The van der Waals surface area contributed by atoms with Crippen LogP contribution in [0.5, 0.6) is 0 Å². The molecule has 53 valence electrons. The summed E-state index contributed by atoms with van der Waals surface area (Å²) in [5, 5.41) is 0.961. The van der Waals surface area contributed by atoms with Gasteiger partial charge in [0.25, 0.3) is 0 Å². The second-order valence-corrected chi connectivity index (χ2v) is 3.17. The second kappa shape index (κ2) is 2.47. The van der Waals surface area contributed by atoms with Crippen molar-refractivity contribution in [1.29, 1.82) is 0 Å². The number of fused-ring (bicyclic) bond motifs is 1. The zero-order valence-electron chi connectivity index (χ0n) is 5.87. The highest BCUT2D eigenvalue weighted by Gasteiger charge is 1.97. The Bertz CT molecular complexity index is 356. The molecule has 0 aliphatic rings. The van der Waals surface area contributed by atoms with Crippen LogP contribution in [-0.2, 0) is 0 Å². The van der Waals surface area contributed by atoms with E-state index in [1.807, 2.05) is 18.2 Å². The van der Waals surface area contributed by atoms with E-state index >= 15 is 0 Å². The quantitative estimate of drug-likeness (QED) is 0.625. The zero-order valence-corrected chi connectivity index (χ0v) is 6.69. The van der Waals surface area contributed by atoms with Gasteiger partial charge in [0.05, 0.1) is 10.2 Å². The maximum atomic E-state index is 4.30. The summed E-state index contributed by atoms with van der Waals surface area (Å²) in [7, 11) is 0. The van der Waals surface area contributed by atoms with Crippen LogP contribution < -0.4 is 0 Å². The summed E-state index contributed by atoms with van der Waals surface area (Å²) in [6.07, 6.45) is 1.76. The van der Waals surface area contributed by atoms with Crippen LogP contribution in [0, 0.1) is 6.07 Å². The maximum Gasteiger partial charge on any atom is 0.116 e. The van der Waals surface area contributed by atoms with Gasteiger partial charge in [-0.15, -0.1) is 11.3 Å². The van der Waals surface area contributed by atoms with Gasteiger partial charge in [-0.1, -0.05) is 18.7 Å². The fourth-order valence-electron chi connectivity index (χ4n) is 0.916. The van der Waals surface area contributed by atoms with Crippen molar-refractivity contribution >= 4 is 27.6 Å². The summed E-state index contributed by atoms with van der Waals surface area (Å²) in [6.45, 7) is 3.66. The fourth-order valence-corrected chi connectivity index (χ4v) is 1.70. The summed E-state index contributed by atoms with van der Waals surface area (Å²) < 4.78 is 1.10. The van der Waals surface area contributed by atoms with Crippen LogP contribution in [0.4, 0.5) is 0 Å². The van der Waals surface area contributed by atoms with Gasteiger partial charge in [-0.25, -0.2) is 4.98 Å². The average Bonchev–Trinajstić information content (AvgIpc) is 2.46. The molecule has 0 fully saturated rings. The molecular formula is C9H6NS. The molecule has 0 amide bonds. The first-order valence-corrected chi connectivity index (χ1v) is 4.11. The van der Waals surface area contributed by atoms with Gasteiger partial charge in [0, 0.05) is 6.07 Å². The Morgan fingerprint density at radius 1 is 1.64 bits per heavy atom. The molecule has 0 spiro atoms. The van der Waals surface area contributed by atoms with Crippen LogP contribution in [0.3, 0.4) is 0 Å². The molecule has 1 radical (unpaired) electrons. The molecule has 2 rings (SSSR count). The molecule has 1 aromatic carbocycles. The highest BCUT2D eigenvalue weighted by molar-refractivity contribution is 7.19. The number of hydrogen-bond donors (Lipinski definition) is 0. The summed E-state index contributed by atoms with van der Waals surface area (Å²) >= 11 is 1.61. The Morgan fingerprint density at radius 3 is 3.27 bits per heavy atom. The summed E-state index contributed by atoms with van der Waals surface area (Å²) in [4.78, 5) is 4.30. The van der Waals surface area contributed by atoms with Gasteiger partial charge in [0.2, 0.25) is 0 Å². The molecular weight excluding hydrogens is 154 g/mol. The van der Waals surface area contributed by atoms with E-state index in [4.69, 9.17) is 0 Å². The molecule has 2 heteroatoms. The molecule has 0 aliphatic carbocycles. The van der Waals surface area contributed by atoms with Crippen LogP contribution in [-0.4, -0.2) is 4.98 Å². The van der Waals surface area contributed by atoms with Crippen molar-refractivity contribution < 1.29 is 0 Å². The standard InChI is InChI=1S/C9H6NS/c1-2-9-10-7-5-3-4-6-8(7)11-9/h2-5H,1H2. The monoisotopic (exact) mass is 160 g/mol. The van der Waals surface area contributed by atoms with E-state index in [0.717, 1.165) is 15.2 Å². The van der Waals surface area contributed by atoms with E-state index in [1.165, 1.54) is 0 Å².